The molecule has 1 atom stereocenters. The summed E-state index contributed by atoms with van der Waals surface area (Å²) in [5, 5.41) is 12.5. The zero-order valence-corrected chi connectivity index (χ0v) is 12.8. The molecule has 4 heteroatoms. The first-order valence-corrected chi connectivity index (χ1v) is 7.00. The fourth-order valence-electron chi connectivity index (χ4n) is 1.92. The van der Waals surface area contributed by atoms with Gasteiger partial charge in [-0.2, -0.15) is 5.26 Å². The molecule has 110 valence electrons. The van der Waals surface area contributed by atoms with E-state index in [2.05, 4.69) is 25.2 Å². The van der Waals surface area contributed by atoms with Gasteiger partial charge in [0.2, 0.25) is 0 Å². The van der Waals surface area contributed by atoms with Crippen LogP contribution in [0.3, 0.4) is 0 Å². The summed E-state index contributed by atoms with van der Waals surface area (Å²) in [5.41, 5.74) is 1.66. The first kappa shape index (κ1) is 16.5. The molecule has 0 bridgehead atoms. The first-order valence-electron chi connectivity index (χ1n) is 7.00. The third kappa shape index (κ3) is 4.84. The molecule has 0 saturated heterocycles. The summed E-state index contributed by atoms with van der Waals surface area (Å²) < 4.78 is 10.7. The number of nitriles is 1. The van der Waals surface area contributed by atoms with E-state index in [1.807, 2.05) is 19.1 Å². The summed E-state index contributed by atoms with van der Waals surface area (Å²) in [6.07, 6.45) is 0. The van der Waals surface area contributed by atoms with Crippen molar-refractivity contribution >= 4 is 0 Å². The Hall–Kier alpha value is -1.57. The van der Waals surface area contributed by atoms with Crippen LogP contribution in [0.1, 0.15) is 31.9 Å². The predicted molar refractivity (Wildman–Crippen MR) is 79.7 cm³/mol. The highest BCUT2D eigenvalue weighted by Gasteiger charge is 2.13. The van der Waals surface area contributed by atoms with Crippen molar-refractivity contribution < 1.29 is 9.47 Å². The highest BCUT2D eigenvalue weighted by atomic mass is 16.5. The molecule has 0 heterocycles. The summed E-state index contributed by atoms with van der Waals surface area (Å²) in [7, 11) is 1.58. The molecular weight excluding hydrogens is 252 g/mol. The number of methoxy groups -OCH3 is 1. The topological polar surface area (TPSA) is 54.3 Å². The minimum absolute atomic E-state index is 0.316. The lowest BCUT2D eigenvalue weighted by atomic mass is 10.0. The standard InChI is InChI=1S/C16H24N2O2/c1-5-20-11-15(12(2)3)18-10-13-6-7-14(9-17)16(8-13)19-4/h6-8,12,15,18H,5,10-11H2,1-4H3. The Morgan fingerprint density at radius 1 is 1.35 bits per heavy atom. The van der Waals surface area contributed by atoms with Crippen molar-refractivity contribution in [3.05, 3.63) is 29.3 Å². The van der Waals surface area contributed by atoms with Crippen LogP contribution in [-0.4, -0.2) is 26.4 Å². The van der Waals surface area contributed by atoms with Gasteiger partial charge in [-0.15, -0.1) is 0 Å². The summed E-state index contributed by atoms with van der Waals surface area (Å²) in [5.74, 6) is 1.12. The van der Waals surface area contributed by atoms with Crippen LogP contribution in [-0.2, 0) is 11.3 Å². The van der Waals surface area contributed by atoms with Crippen LogP contribution in [0, 0.1) is 17.2 Å². The van der Waals surface area contributed by atoms with Gasteiger partial charge < -0.3 is 14.8 Å². The fraction of sp³-hybridized carbons (Fsp3) is 0.562. The SMILES string of the molecule is CCOCC(NCc1ccc(C#N)c(OC)c1)C(C)C. The van der Waals surface area contributed by atoms with E-state index in [-0.39, 0.29) is 0 Å². The summed E-state index contributed by atoms with van der Waals surface area (Å²) in [6.45, 7) is 8.53. The second kappa shape index (κ2) is 8.57. The predicted octanol–water partition coefficient (Wildman–Crippen LogP) is 2.72. The molecule has 4 nitrogen and oxygen atoms in total. The Labute approximate surface area is 121 Å². The molecule has 1 unspecified atom stereocenters. The number of ether oxygens (including phenoxy) is 2. The minimum atomic E-state index is 0.316. The minimum Gasteiger partial charge on any atom is -0.495 e. The van der Waals surface area contributed by atoms with Crippen molar-refractivity contribution in [2.45, 2.75) is 33.4 Å². The van der Waals surface area contributed by atoms with Gasteiger partial charge in [0, 0.05) is 19.2 Å². The fourth-order valence-corrected chi connectivity index (χ4v) is 1.92. The zero-order chi connectivity index (χ0) is 15.0. The summed E-state index contributed by atoms with van der Waals surface area (Å²) in [6, 6.07) is 8.09. The van der Waals surface area contributed by atoms with E-state index >= 15 is 0 Å². The molecule has 1 aromatic carbocycles. The van der Waals surface area contributed by atoms with Crippen LogP contribution in [0.2, 0.25) is 0 Å². The third-order valence-corrected chi connectivity index (χ3v) is 3.26. The maximum atomic E-state index is 8.97. The molecule has 0 radical (unpaired) electrons. The highest BCUT2D eigenvalue weighted by molar-refractivity contribution is 5.45. The Bertz CT molecular complexity index is 452. The van der Waals surface area contributed by atoms with E-state index in [4.69, 9.17) is 14.7 Å². The number of rotatable bonds is 8. The lowest BCUT2D eigenvalue weighted by Gasteiger charge is -2.22. The van der Waals surface area contributed by atoms with E-state index in [0.29, 0.717) is 29.9 Å². The van der Waals surface area contributed by atoms with E-state index in [0.717, 1.165) is 18.7 Å². The summed E-state index contributed by atoms with van der Waals surface area (Å²) >= 11 is 0. The number of hydrogen-bond donors (Lipinski definition) is 1. The average molecular weight is 276 g/mol. The van der Waals surface area contributed by atoms with Gasteiger partial charge in [-0.25, -0.2) is 0 Å². The van der Waals surface area contributed by atoms with E-state index in [1.165, 1.54) is 0 Å². The lowest BCUT2D eigenvalue weighted by Crippen LogP contribution is -2.37. The zero-order valence-electron chi connectivity index (χ0n) is 12.8. The molecule has 0 aliphatic rings. The Morgan fingerprint density at radius 2 is 2.10 bits per heavy atom. The van der Waals surface area contributed by atoms with Crippen molar-refractivity contribution in [2.24, 2.45) is 5.92 Å². The van der Waals surface area contributed by atoms with Crippen LogP contribution in [0.15, 0.2) is 18.2 Å². The Balaban J connectivity index is 2.66. The van der Waals surface area contributed by atoms with Crippen molar-refractivity contribution in [1.29, 1.82) is 5.26 Å². The third-order valence-electron chi connectivity index (χ3n) is 3.26. The second-order valence-electron chi connectivity index (χ2n) is 5.04. The normalized spacial score (nSPS) is 12.2. The molecule has 1 rings (SSSR count). The molecular formula is C16H24N2O2. The van der Waals surface area contributed by atoms with E-state index in [9.17, 15) is 0 Å². The Morgan fingerprint density at radius 3 is 2.65 bits per heavy atom. The van der Waals surface area contributed by atoms with E-state index < -0.39 is 0 Å². The lowest BCUT2D eigenvalue weighted by molar-refractivity contribution is 0.108. The first-order chi connectivity index (χ1) is 9.62. The van der Waals surface area contributed by atoms with Gasteiger partial charge in [-0.05, 0) is 30.5 Å². The van der Waals surface area contributed by atoms with Crippen molar-refractivity contribution in [1.82, 2.24) is 5.32 Å². The van der Waals surface area contributed by atoms with Crippen LogP contribution in [0.4, 0.5) is 0 Å². The number of hydrogen-bond acceptors (Lipinski definition) is 4. The molecule has 0 saturated carbocycles. The largest absolute Gasteiger partial charge is 0.495 e. The van der Waals surface area contributed by atoms with Gasteiger partial charge in [0.05, 0.1) is 19.3 Å². The molecule has 0 aliphatic heterocycles. The molecule has 0 aromatic heterocycles. The maximum absolute atomic E-state index is 8.97. The van der Waals surface area contributed by atoms with Crippen molar-refractivity contribution in [2.75, 3.05) is 20.3 Å². The van der Waals surface area contributed by atoms with Gasteiger partial charge in [0.25, 0.3) is 0 Å². The molecule has 0 spiro atoms. The molecule has 0 amide bonds. The van der Waals surface area contributed by atoms with Gasteiger partial charge in [0.1, 0.15) is 11.8 Å². The van der Waals surface area contributed by atoms with Gasteiger partial charge in [-0.1, -0.05) is 19.9 Å². The van der Waals surface area contributed by atoms with Crippen molar-refractivity contribution in [3.8, 4) is 11.8 Å². The van der Waals surface area contributed by atoms with E-state index in [1.54, 1.807) is 13.2 Å². The van der Waals surface area contributed by atoms with Crippen LogP contribution < -0.4 is 10.1 Å². The van der Waals surface area contributed by atoms with Gasteiger partial charge >= 0.3 is 0 Å². The summed E-state index contributed by atoms with van der Waals surface area (Å²) in [4.78, 5) is 0. The van der Waals surface area contributed by atoms with Crippen LogP contribution in [0.25, 0.3) is 0 Å². The van der Waals surface area contributed by atoms with Crippen LogP contribution >= 0.6 is 0 Å². The van der Waals surface area contributed by atoms with Gasteiger partial charge in [-0.3, -0.25) is 0 Å². The number of nitrogens with one attached hydrogen (secondary N) is 1. The maximum Gasteiger partial charge on any atom is 0.136 e. The molecule has 20 heavy (non-hydrogen) atoms. The monoisotopic (exact) mass is 276 g/mol. The smallest absolute Gasteiger partial charge is 0.136 e. The highest BCUT2D eigenvalue weighted by Crippen LogP contribution is 2.19. The van der Waals surface area contributed by atoms with Crippen LogP contribution in [0.5, 0.6) is 5.75 Å². The molecule has 1 N–H and O–H groups in total. The van der Waals surface area contributed by atoms with Gasteiger partial charge in [0.15, 0.2) is 0 Å². The molecule has 0 fully saturated rings. The second-order valence-corrected chi connectivity index (χ2v) is 5.04. The number of benzene rings is 1. The number of nitrogens with zero attached hydrogens (tertiary/aromatic N) is 1. The molecule has 1 aromatic rings. The Kier molecular flexibility index (Phi) is 7.06. The van der Waals surface area contributed by atoms with Crippen molar-refractivity contribution in [3.63, 3.8) is 0 Å². The quantitative estimate of drug-likeness (QED) is 0.793. The molecule has 0 aliphatic carbocycles. The average Bonchev–Trinajstić information content (AvgIpc) is 2.46.